The van der Waals surface area contributed by atoms with Crippen LogP contribution in [0, 0.1) is 12.8 Å². The number of rotatable bonds is 5. The maximum atomic E-state index is 12.6. The smallest absolute Gasteiger partial charge is 0.350 e. The highest BCUT2D eigenvalue weighted by Crippen LogP contribution is 2.25. The third-order valence-electron chi connectivity index (χ3n) is 4.34. The first-order valence-electron chi connectivity index (χ1n) is 8.76. The number of hydrogen-bond donors (Lipinski definition) is 1. The van der Waals surface area contributed by atoms with E-state index in [0.717, 1.165) is 17.8 Å². The zero-order valence-corrected chi connectivity index (χ0v) is 16.0. The lowest BCUT2D eigenvalue weighted by Gasteiger charge is -2.31. The highest BCUT2D eigenvalue weighted by atomic mass is 32.1. The molecular weight excluding hydrogens is 370 g/mol. The second kappa shape index (κ2) is 8.34. The summed E-state index contributed by atoms with van der Waals surface area (Å²) in [6, 6.07) is 1.61. The molecule has 1 N–H and O–H groups in total. The summed E-state index contributed by atoms with van der Waals surface area (Å²) in [5, 5.41) is 3.13. The Kier molecular flexibility index (Phi) is 5.90. The van der Waals surface area contributed by atoms with Crippen LogP contribution in [0.4, 0.5) is 5.13 Å². The van der Waals surface area contributed by atoms with Gasteiger partial charge in [-0.3, -0.25) is 9.59 Å². The van der Waals surface area contributed by atoms with Crippen molar-refractivity contribution in [2.45, 2.75) is 26.7 Å². The number of nitrogens with one attached hydrogen (secondary N) is 1. The maximum absolute atomic E-state index is 12.6. The fourth-order valence-electron chi connectivity index (χ4n) is 2.99. The maximum Gasteiger partial charge on any atom is 0.350 e. The van der Waals surface area contributed by atoms with E-state index in [2.05, 4.69) is 10.3 Å². The lowest BCUT2D eigenvalue weighted by molar-refractivity contribution is -0.121. The van der Waals surface area contributed by atoms with Gasteiger partial charge < -0.3 is 19.4 Å². The molecule has 1 fully saturated rings. The Bertz CT molecular complexity index is 830. The van der Waals surface area contributed by atoms with Crippen molar-refractivity contribution in [3.05, 3.63) is 34.7 Å². The standard InChI is InChI=1S/C18H21N3O5S/c1-3-26-17(24)14-11(2)19-18(27-14)20-15(22)12-5-4-7-21(9-12)16(23)13-6-8-25-10-13/h6,8,10,12H,3-5,7,9H2,1-2H3,(H,19,20,22). The zero-order valence-electron chi connectivity index (χ0n) is 15.2. The molecule has 8 nitrogen and oxygen atoms in total. The predicted octanol–water partition coefficient (Wildman–Crippen LogP) is 2.71. The Morgan fingerprint density at radius 1 is 1.44 bits per heavy atom. The molecule has 3 heterocycles. The number of hydrogen-bond acceptors (Lipinski definition) is 7. The van der Waals surface area contributed by atoms with E-state index in [9.17, 15) is 14.4 Å². The largest absolute Gasteiger partial charge is 0.472 e. The number of esters is 1. The molecule has 27 heavy (non-hydrogen) atoms. The summed E-state index contributed by atoms with van der Waals surface area (Å²) in [4.78, 5) is 43.2. The van der Waals surface area contributed by atoms with Crippen LogP contribution >= 0.6 is 11.3 Å². The van der Waals surface area contributed by atoms with Gasteiger partial charge in [0.05, 0.1) is 30.0 Å². The number of piperidine rings is 1. The lowest BCUT2D eigenvalue weighted by Crippen LogP contribution is -2.43. The van der Waals surface area contributed by atoms with Crippen molar-refractivity contribution in [3.63, 3.8) is 0 Å². The Labute approximate surface area is 160 Å². The number of aromatic nitrogens is 1. The van der Waals surface area contributed by atoms with Crippen molar-refractivity contribution < 1.29 is 23.5 Å². The van der Waals surface area contributed by atoms with Crippen LogP contribution in [0.25, 0.3) is 0 Å². The van der Waals surface area contributed by atoms with E-state index >= 15 is 0 Å². The second-order valence-corrected chi connectivity index (χ2v) is 7.24. The molecule has 144 valence electrons. The van der Waals surface area contributed by atoms with Gasteiger partial charge >= 0.3 is 5.97 Å². The van der Waals surface area contributed by atoms with E-state index in [4.69, 9.17) is 9.15 Å². The van der Waals surface area contributed by atoms with E-state index in [-0.39, 0.29) is 24.3 Å². The van der Waals surface area contributed by atoms with Gasteiger partial charge in [0.1, 0.15) is 11.1 Å². The van der Waals surface area contributed by atoms with Crippen molar-refractivity contribution in [2.75, 3.05) is 25.0 Å². The highest BCUT2D eigenvalue weighted by Gasteiger charge is 2.30. The third kappa shape index (κ3) is 4.36. The van der Waals surface area contributed by atoms with Crippen LogP contribution in [-0.2, 0) is 9.53 Å². The first-order chi connectivity index (χ1) is 13.0. The van der Waals surface area contributed by atoms with Gasteiger partial charge in [0.2, 0.25) is 5.91 Å². The molecule has 0 radical (unpaired) electrons. The molecule has 1 saturated heterocycles. The van der Waals surface area contributed by atoms with Crippen LogP contribution in [0.2, 0.25) is 0 Å². The van der Waals surface area contributed by atoms with Crippen molar-refractivity contribution in [2.24, 2.45) is 5.92 Å². The van der Waals surface area contributed by atoms with Gasteiger partial charge in [-0.15, -0.1) is 0 Å². The molecule has 0 saturated carbocycles. The summed E-state index contributed by atoms with van der Waals surface area (Å²) < 4.78 is 9.94. The summed E-state index contributed by atoms with van der Waals surface area (Å²) in [5.74, 6) is -1.12. The van der Waals surface area contributed by atoms with Gasteiger partial charge in [0.25, 0.3) is 5.91 Å². The molecule has 1 unspecified atom stereocenters. The van der Waals surface area contributed by atoms with Crippen molar-refractivity contribution in [1.29, 1.82) is 0 Å². The van der Waals surface area contributed by atoms with Gasteiger partial charge in [-0.1, -0.05) is 11.3 Å². The fourth-order valence-corrected chi connectivity index (χ4v) is 3.85. The number of amides is 2. The molecule has 2 aromatic heterocycles. The average Bonchev–Trinajstić information content (AvgIpc) is 3.31. The van der Waals surface area contributed by atoms with Crippen molar-refractivity contribution >= 4 is 34.3 Å². The van der Waals surface area contributed by atoms with Crippen LogP contribution < -0.4 is 5.32 Å². The SMILES string of the molecule is CCOC(=O)c1sc(NC(=O)C2CCCN(C(=O)c3ccoc3)C2)nc1C. The highest BCUT2D eigenvalue weighted by molar-refractivity contribution is 7.17. The summed E-state index contributed by atoms with van der Waals surface area (Å²) in [6.45, 7) is 4.66. The number of likely N-dealkylation sites (tertiary alicyclic amines) is 1. The molecule has 0 spiro atoms. The van der Waals surface area contributed by atoms with Crippen molar-refractivity contribution in [1.82, 2.24) is 9.88 Å². The molecule has 9 heteroatoms. The molecular formula is C18H21N3O5S. The van der Waals surface area contributed by atoms with Crippen LogP contribution in [0.15, 0.2) is 23.0 Å². The quantitative estimate of drug-likeness (QED) is 0.787. The second-order valence-electron chi connectivity index (χ2n) is 6.25. The number of aryl methyl sites for hydroxylation is 1. The minimum absolute atomic E-state index is 0.143. The van der Waals surface area contributed by atoms with Gasteiger partial charge in [-0.2, -0.15) is 0 Å². The van der Waals surface area contributed by atoms with Crippen LogP contribution in [-0.4, -0.2) is 47.4 Å². The van der Waals surface area contributed by atoms with Gasteiger partial charge in [-0.25, -0.2) is 9.78 Å². The van der Waals surface area contributed by atoms with Crippen LogP contribution in [0.5, 0.6) is 0 Å². The van der Waals surface area contributed by atoms with Gasteiger partial charge in [-0.05, 0) is 32.8 Å². The number of anilines is 1. The molecule has 1 aliphatic rings. The van der Waals surface area contributed by atoms with E-state index in [1.54, 1.807) is 24.8 Å². The lowest BCUT2D eigenvalue weighted by atomic mass is 9.97. The Balaban J connectivity index is 1.63. The Morgan fingerprint density at radius 2 is 2.26 bits per heavy atom. The van der Waals surface area contributed by atoms with E-state index in [1.165, 1.54) is 12.5 Å². The predicted molar refractivity (Wildman–Crippen MR) is 98.8 cm³/mol. The molecule has 0 aliphatic carbocycles. The topological polar surface area (TPSA) is 102 Å². The Morgan fingerprint density at radius 3 is 2.96 bits per heavy atom. The van der Waals surface area contributed by atoms with Crippen LogP contribution in [0.1, 0.15) is 45.5 Å². The average molecular weight is 391 g/mol. The summed E-state index contributed by atoms with van der Waals surface area (Å²) in [6.07, 6.45) is 4.29. The molecule has 0 bridgehead atoms. The number of carbonyl (C=O) groups is 3. The monoisotopic (exact) mass is 391 g/mol. The molecule has 3 rings (SSSR count). The minimum Gasteiger partial charge on any atom is -0.472 e. The molecule has 2 aromatic rings. The van der Waals surface area contributed by atoms with Gasteiger partial charge in [0.15, 0.2) is 5.13 Å². The number of nitrogens with zero attached hydrogens (tertiary/aromatic N) is 2. The summed E-state index contributed by atoms with van der Waals surface area (Å²) in [7, 11) is 0. The number of carbonyl (C=O) groups excluding carboxylic acids is 3. The molecule has 2 amide bonds. The first kappa shape index (κ1) is 19.1. The van der Waals surface area contributed by atoms with E-state index in [1.807, 2.05) is 0 Å². The summed E-state index contributed by atoms with van der Waals surface area (Å²) in [5.41, 5.74) is 1.000. The van der Waals surface area contributed by atoms with E-state index in [0.29, 0.717) is 40.8 Å². The zero-order chi connectivity index (χ0) is 19.4. The summed E-state index contributed by atoms with van der Waals surface area (Å²) >= 11 is 1.09. The molecule has 1 aliphatic heterocycles. The Hall–Kier alpha value is -2.68. The fraction of sp³-hybridized carbons (Fsp3) is 0.444. The normalized spacial score (nSPS) is 16.8. The first-order valence-corrected chi connectivity index (χ1v) is 9.58. The number of furan rings is 1. The van der Waals surface area contributed by atoms with E-state index < -0.39 is 5.97 Å². The third-order valence-corrected chi connectivity index (χ3v) is 5.39. The van der Waals surface area contributed by atoms with Crippen LogP contribution in [0.3, 0.4) is 0 Å². The molecule has 0 aromatic carbocycles. The van der Waals surface area contributed by atoms with Crippen molar-refractivity contribution in [3.8, 4) is 0 Å². The minimum atomic E-state index is -0.442. The number of ether oxygens (including phenoxy) is 1. The van der Waals surface area contributed by atoms with Gasteiger partial charge in [0, 0.05) is 13.1 Å². The number of thiazole rings is 1. The molecule has 1 atom stereocenters.